The maximum Gasteiger partial charge on any atom is 0.260 e. The Kier molecular flexibility index (Phi) is 4.36. The van der Waals surface area contributed by atoms with Crippen LogP contribution in [0.1, 0.15) is 5.56 Å². The molecule has 6 nitrogen and oxygen atoms in total. The smallest absolute Gasteiger partial charge is 0.260 e. The zero-order valence-electron chi connectivity index (χ0n) is 13.4. The highest BCUT2D eigenvalue weighted by molar-refractivity contribution is 6.36. The molecule has 0 amide bonds. The molecule has 0 aliphatic carbocycles. The van der Waals surface area contributed by atoms with Gasteiger partial charge in [-0.1, -0.05) is 29.3 Å². The van der Waals surface area contributed by atoms with Crippen LogP contribution >= 0.6 is 23.2 Å². The maximum absolute atomic E-state index is 12.4. The molecule has 0 saturated carbocycles. The van der Waals surface area contributed by atoms with Crippen LogP contribution in [0.3, 0.4) is 0 Å². The van der Waals surface area contributed by atoms with Gasteiger partial charge in [-0.2, -0.15) is 5.10 Å². The van der Waals surface area contributed by atoms with E-state index in [2.05, 4.69) is 20.4 Å². The van der Waals surface area contributed by atoms with Gasteiger partial charge in [-0.25, -0.2) is 9.67 Å². The number of aromatic nitrogens is 4. The number of aromatic amines is 1. The van der Waals surface area contributed by atoms with Crippen molar-refractivity contribution in [2.24, 2.45) is 0 Å². The molecule has 0 radical (unpaired) electrons. The van der Waals surface area contributed by atoms with Crippen LogP contribution in [-0.2, 0) is 6.54 Å². The van der Waals surface area contributed by atoms with E-state index in [4.69, 9.17) is 23.2 Å². The van der Waals surface area contributed by atoms with Crippen LogP contribution < -0.4 is 10.9 Å². The van der Waals surface area contributed by atoms with Crippen molar-refractivity contribution in [2.45, 2.75) is 6.54 Å². The molecule has 4 aromatic rings. The van der Waals surface area contributed by atoms with Gasteiger partial charge in [0.05, 0.1) is 10.9 Å². The summed E-state index contributed by atoms with van der Waals surface area (Å²) in [5.41, 5.74) is 1.92. The van der Waals surface area contributed by atoms with Crippen LogP contribution in [0.4, 0.5) is 5.69 Å². The molecule has 2 N–H and O–H groups in total. The van der Waals surface area contributed by atoms with Gasteiger partial charge in [0.1, 0.15) is 0 Å². The number of nitrogens with zero attached hydrogens (tertiary/aromatic N) is 3. The number of fused-ring (bicyclic) bond motifs is 1. The summed E-state index contributed by atoms with van der Waals surface area (Å²) in [6.07, 6.45) is 3.34. The zero-order chi connectivity index (χ0) is 18.1. The number of hydrogen-bond acceptors (Lipinski definition) is 4. The minimum Gasteiger partial charge on any atom is -0.381 e. The van der Waals surface area contributed by atoms with Gasteiger partial charge in [0.15, 0.2) is 0 Å². The highest BCUT2D eigenvalue weighted by Gasteiger charge is 2.08. The minimum absolute atomic E-state index is 0.236. The molecule has 0 bridgehead atoms. The molecule has 2 aromatic carbocycles. The third kappa shape index (κ3) is 3.16. The molecule has 26 heavy (non-hydrogen) atoms. The third-order valence-electron chi connectivity index (χ3n) is 3.95. The van der Waals surface area contributed by atoms with Crippen LogP contribution in [0.5, 0.6) is 0 Å². The van der Waals surface area contributed by atoms with E-state index in [9.17, 15) is 4.79 Å². The predicted octanol–water partition coefficient (Wildman–Crippen LogP) is 4.03. The number of H-pyrrole nitrogens is 1. The van der Waals surface area contributed by atoms with Crippen LogP contribution in [0.25, 0.3) is 16.9 Å². The molecular weight excluding hydrogens is 373 g/mol. The summed E-state index contributed by atoms with van der Waals surface area (Å²) in [6, 6.07) is 12.5. The van der Waals surface area contributed by atoms with E-state index in [-0.39, 0.29) is 5.56 Å². The van der Waals surface area contributed by atoms with Gasteiger partial charge in [0, 0.05) is 40.2 Å². The molecule has 0 atom stereocenters. The lowest BCUT2D eigenvalue weighted by Crippen LogP contribution is -2.14. The lowest BCUT2D eigenvalue weighted by atomic mass is 10.2. The minimum atomic E-state index is -0.236. The van der Waals surface area contributed by atoms with Crippen molar-refractivity contribution in [3.63, 3.8) is 0 Å². The first kappa shape index (κ1) is 16.6. The van der Waals surface area contributed by atoms with E-state index in [0.29, 0.717) is 33.4 Å². The Bertz CT molecular complexity index is 1120. The normalized spacial score (nSPS) is 11.0. The summed E-state index contributed by atoms with van der Waals surface area (Å²) >= 11 is 12.4. The Morgan fingerprint density at radius 2 is 1.92 bits per heavy atom. The number of rotatable bonds is 4. The summed E-state index contributed by atoms with van der Waals surface area (Å²) in [6.45, 7) is 0.445. The van der Waals surface area contributed by atoms with Gasteiger partial charge in [-0.15, -0.1) is 0 Å². The second kappa shape index (κ2) is 6.82. The van der Waals surface area contributed by atoms with Gasteiger partial charge < -0.3 is 5.32 Å². The molecule has 0 aliphatic heterocycles. The van der Waals surface area contributed by atoms with E-state index in [1.165, 1.54) is 4.68 Å². The summed E-state index contributed by atoms with van der Waals surface area (Å²) in [5, 5.41) is 8.98. The Balaban J connectivity index is 1.65. The molecule has 2 heterocycles. The highest BCUT2D eigenvalue weighted by atomic mass is 35.5. The van der Waals surface area contributed by atoms with Crippen LogP contribution in [-0.4, -0.2) is 19.7 Å². The summed E-state index contributed by atoms with van der Waals surface area (Å²) in [5.74, 6) is 0.371. The molecule has 0 spiro atoms. The largest absolute Gasteiger partial charge is 0.381 e. The third-order valence-corrected chi connectivity index (χ3v) is 4.65. The molecule has 0 saturated heterocycles. The number of nitrogens with one attached hydrogen (secondary N) is 2. The van der Waals surface area contributed by atoms with Gasteiger partial charge in [-0.3, -0.25) is 9.78 Å². The van der Waals surface area contributed by atoms with Gasteiger partial charge in [0.25, 0.3) is 5.56 Å². The maximum atomic E-state index is 12.4. The zero-order valence-corrected chi connectivity index (χ0v) is 14.9. The van der Waals surface area contributed by atoms with E-state index in [1.54, 1.807) is 48.8 Å². The monoisotopic (exact) mass is 385 g/mol. The van der Waals surface area contributed by atoms with Crippen molar-refractivity contribution < 1.29 is 0 Å². The Labute approximate surface area is 158 Å². The summed E-state index contributed by atoms with van der Waals surface area (Å²) in [4.78, 5) is 19.6. The van der Waals surface area contributed by atoms with Crippen molar-refractivity contribution >= 4 is 39.8 Å². The predicted molar refractivity (Wildman–Crippen MR) is 103 cm³/mol. The van der Waals surface area contributed by atoms with Crippen molar-refractivity contribution in [3.05, 3.63) is 80.8 Å². The molecule has 2 aromatic heterocycles. The first-order valence-corrected chi connectivity index (χ1v) is 8.58. The first-order valence-electron chi connectivity index (χ1n) is 7.83. The Morgan fingerprint density at radius 3 is 2.65 bits per heavy atom. The first-order chi connectivity index (χ1) is 12.6. The van der Waals surface area contributed by atoms with Crippen molar-refractivity contribution in [3.8, 4) is 5.95 Å². The van der Waals surface area contributed by atoms with E-state index >= 15 is 0 Å². The van der Waals surface area contributed by atoms with Gasteiger partial charge >= 0.3 is 0 Å². The van der Waals surface area contributed by atoms with E-state index < -0.39 is 0 Å². The Hall–Kier alpha value is -2.83. The molecule has 0 unspecified atom stereocenters. The highest BCUT2D eigenvalue weighted by Crippen LogP contribution is 2.25. The quantitative estimate of drug-likeness (QED) is 0.555. The fourth-order valence-corrected chi connectivity index (χ4v) is 3.16. The fourth-order valence-electron chi connectivity index (χ4n) is 2.63. The molecule has 130 valence electrons. The van der Waals surface area contributed by atoms with Gasteiger partial charge in [0.2, 0.25) is 5.95 Å². The topological polar surface area (TPSA) is 75.6 Å². The fraction of sp³-hybridized carbons (Fsp3) is 0.0556. The number of anilines is 1. The molecule has 0 aliphatic rings. The SMILES string of the molecule is O=c1[nH]c(-n2cccn2)nc2ccc(NCc3c(Cl)cccc3Cl)cc12. The van der Waals surface area contributed by atoms with Crippen molar-refractivity contribution in [1.82, 2.24) is 19.7 Å². The summed E-state index contributed by atoms with van der Waals surface area (Å²) < 4.78 is 1.51. The van der Waals surface area contributed by atoms with Crippen LogP contribution in [0, 0.1) is 0 Å². The molecule has 4 rings (SSSR count). The standard InChI is InChI=1S/C18H13Cl2N5O/c19-14-3-1-4-15(20)13(14)10-21-11-5-6-16-12(9-11)17(26)24-18(23-16)25-8-2-7-22-25/h1-9,21H,10H2,(H,23,24,26). The average molecular weight is 386 g/mol. The second-order valence-electron chi connectivity index (χ2n) is 5.63. The lowest BCUT2D eigenvalue weighted by molar-refractivity contribution is 0.810. The summed E-state index contributed by atoms with van der Waals surface area (Å²) in [7, 11) is 0. The van der Waals surface area contributed by atoms with Crippen LogP contribution in [0.15, 0.2) is 59.7 Å². The second-order valence-corrected chi connectivity index (χ2v) is 6.44. The molecule has 8 heteroatoms. The number of hydrogen-bond donors (Lipinski definition) is 2. The Morgan fingerprint density at radius 1 is 1.12 bits per heavy atom. The van der Waals surface area contributed by atoms with Crippen molar-refractivity contribution in [1.29, 1.82) is 0 Å². The number of halogens is 2. The average Bonchev–Trinajstić information content (AvgIpc) is 3.16. The van der Waals surface area contributed by atoms with Crippen LogP contribution in [0.2, 0.25) is 10.0 Å². The van der Waals surface area contributed by atoms with E-state index in [0.717, 1.165) is 11.3 Å². The molecule has 0 fully saturated rings. The van der Waals surface area contributed by atoms with Gasteiger partial charge in [-0.05, 0) is 36.4 Å². The molecular formula is C18H13Cl2N5O. The van der Waals surface area contributed by atoms with Crippen molar-refractivity contribution in [2.75, 3.05) is 5.32 Å². The lowest BCUT2D eigenvalue weighted by Gasteiger charge is -2.10. The number of benzene rings is 2. The van der Waals surface area contributed by atoms with E-state index in [1.807, 2.05) is 6.07 Å².